The number of fused-ring (bicyclic) bond motifs is 1. The van der Waals surface area contributed by atoms with Crippen molar-refractivity contribution in [2.75, 3.05) is 11.1 Å². The number of anilines is 2. The van der Waals surface area contributed by atoms with Crippen molar-refractivity contribution in [3.8, 4) is 0 Å². The summed E-state index contributed by atoms with van der Waals surface area (Å²) in [4.78, 5) is 21.0. The number of nitrogens with zero attached hydrogens (tertiary/aromatic N) is 3. The van der Waals surface area contributed by atoms with Gasteiger partial charge in [-0.3, -0.25) is 4.79 Å². The van der Waals surface area contributed by atoms with E-state index in [0.717, 1.165) is 22.6 Å². The van der Waals surface area contributed by atoms with Crippen LogP contribution >= 0.6 is 22.7 Å². The molecule has 3 aromatic heterocycles. The summed E-state index contributed by atoms with van der Waals surface area (Å²) in [6, 6.07) is 8.04. The van der Waals surface area contributed by atoms with Gasteiger partial charge in [-0.25, -0.2) is 4.68 Å². The standard InChI is InChI=1S/C18H17N5OS2/c1-9-4-5-14(26-9)16-15-11(20-18-21-17(19)22-23(16)18)7-10(8-12(15)24)13-3-2-6-25-13/h2-6,10,16H,7-8H2,1H3,(H3,19,20,21,22)/t10-,16+/m1/s1. The van der Waals surface area contributed by atoms with Crippen LogP contribution < -0.4 is 11.1 Å². The normalized spacial score (nSPS) is 22.1. The van der Waals surface area contributed by atoms with Crippen LogP contribution in [0.3, 0.4) is 0 Å². The van der Waals surface area contributed by atoms with E-state index in [0.29, 0.717) is 12.4 Å². The number of thiophene rings is 2. The zero-order valence-electron chi connectivity index (χ0n) is 14.1. The highest BCUT2D eigenvalue weighted by atomic mass is 32.1. The van der Waals surface area contributed by atoms with Crippen LogP contribution in [0.4, 0.5) is 11.9 Å². The van der Waals surface area contributed by atoms with E-state index >= 15 is 0 Å². The zero-order valence-corrected chi connectivity index (χ0v) is 15.7. The Morgan fingerprint density at radius 3 is 2.88 bits per heavy atom. The van der Waals surface area contributed by atoms with Crippen LogP contribution in [0.5, 0.6) is 0 Å². The fourth-order valence-electron chi connectivity index (χ4n) is 3.82. The van der Waals surface area contributed by atoms with Crippen LogP contribution in [0.25, 0.3) is 0 Å². The van der Waals surface area contributed by atoms with Crippen LogP contribution in [0, 0.1) is 6.92 Å². The number of aryl methyl sites for hydroxylation is 1. The van der Waals surface area contributed by atoms with Gasteiger partial charge in [0.05, 0.1) is 0 Å². The average Bonchev–Trinajstić information content (AvgIpc) is 3.32. The van der Waals surface area contributed by atoms with Gasteiger partial charge in [-0.15, -0.1) is 27.8 Å². The van der Waals surface area contributed by atoms with Crippen molar-refractivity contribution >= 4 is 40.4 Å². The SMILES string of the molecule is Cc1ccc([C@H]2C3=C(C[C@@H](c4cccs4)CC3=O)Nc3nc(N)nn32)s1. The number of rotatable bonds is 2. The van der Waals surface area contributed by atoms with E-state index in [4.69, 9.17) is 5.73 Å². The first-order chi connectivity index (χ1) is 12.6. The molecule has 26 heavy (non-hydrogen) atoms. The monoisotopic (exact) mass is 383 g/mol. The van der Waals surface area contributed by atoms with Gasteiger partial charge in [-0.1, -0.05) is 6.07 Å². The molecular formula is C18H17N5OS2. The molecule has 0 bridgehead atoms. The predicted molar refractivity (Wildman–Crippen MR) is 104 cm³/mol. The predicted octanol–water partition coefficient (Wildman–Crippen LogP) is 3.71. The van der Waals surface area contributed by atoms with Crippen molar-refractivity contribution < 1.29 is 4.79 Å². The lowest BCUT2D eigenvalue weighted by Crippen LogP contribution is -2.33. The lowest BCUT2D eigenvalue weighted by Gasteiger charge is -2.34. The molecule has 2 aliphatic rings. The number of hydrogen-bond donors (Lipinski definition) is 2. The maximum absolute atomic E-state index is 13.2. The Hall–Kier alpha value is -2.45. The van der Waals surface area contributed by atoms with Crippen molar-refractivity contribution in [2.24, 2.45) is 0 Å². The van der Waals surface area contributed by atoms with Crippen molar-refractivity contribution in [3.05, 3.63) is 55.5 Å². The minimum Gasteiger partial charge on any atom is -0.366 e. The lowest BCUT2D eigenvalue weighted by atomic mass is 9.81. The molecule has 0 amide bonds. The van der Waals surface area contributed by atoms with Gasteiger partial charge >= 0.3 is 0 Å². The molecule has 0 spiro atoms. The summed E-state index contributed by atoms with van der Waals surface area (Å²) >= 11 is 3.39. The summed E-state index contributed by atoms with van der Waals surface area (Å²) in [5.41, 5.74) is 7.61. The summed E-state index contributed by atoms with van der Waals surface area (Å²) in [7, 11) is 0. The highest BCUT2D eigenvalue weighted by molar-refractivity contribution is 7.12. The van der Waals surface area contributed by atoms with E-state index in [9.17, 15) is 4.79 Å². The molecule has 0 unspecified atom stereocenters. The van der Waals surface area contributed by atoms with Gasteiger partial charge in [-0.05, 0) is 36.9 Å². The molecule has 1 aliphatic heterocycles. The summed E-state index contributed by atoms with van der Waals surface area (Å²) < 4.78 is 1.75. The first kappa shape index (κ1) is 15.8. The first-order valence-corrected chi connectivity index (χ1v) is 10.1. The third kappa shape index (κ3) is 2.40. The molecule has 0 aromatic carbocycles. The van der Waals surface area contributed by atoms with E-state index < -0.39 is 0 Å². The van der Waals surface area contributed by atoms with Gasteiger partial charge in [-0.2, -0.15) is 4.98 Å². The van der Waals surface area contributed by atoms with Gasteiger partial charge in [0.1, 0.15) is 6.04 Å². The lowest BCUT2D eigenvalue weighted by molar-refractivity contribution is -0.116. The third-order valence-electron chi connectivity index (χ3n) is 4.91. The van der Waals surface area contributed by atoms with Gasteiger partial charge in [0.2, 0.25) is 11.9 Å². The highest BCUT2D eigenvalue weighted by Crippen LogP contribution is 2.45. The van der Waals surface area contributed by atoms with Crippen LogP contribution in [-0.2, 0) is 4.79 Å². The average molecular weight is 384 g/mol. The van der Waals surface area contributed by atoms with Crippen molar-refractivity contribution in [3.63, 3.8) is 0 Å². The van der Waals surface area contributed by atoms with Gasteiger partial charge in [0.25, 0.3) is 0 Å². The fraction of sp³-hybridized carbons (Fsp3) is 0.278. The highest BCUT2D eigenvalue weighted by Gasteiger charge is 2.40. The summed E-state index contributed by atoms with van der Waals surface area (Å²) in [6.07, 6.45) is 1.33. The molecule has 0 radical (unpaired) electrons. The second-order valence-corrected chi connectivity index (χ2v) is 8.95. The zero-order chi connectivity index (χ0) is 17.8. The van der Waals surface area contributed by atoms with Crippen LogP contribution in [0.1, 0.15) is 39.4 Å². The summed E-state index contributed by atoms with van der Waals surface area (Å²) in [6.45, 7) is 2.07. The number of carbonyl (C=O) groups excluding carboxylic acids is 1. The molecule has 3 aromatic rings. The second-order valence-electron chi connectivity index (χ2n) is 6.65. The second kappa shape index (κ2) is 5.78. The van der Waals surface area contributed by atoms with E-state index in [1.54, 1.807) is 27.4 Å². The minimum absolute atomic E-state index is 0.174. The quantitative estimate of drug-likeness (QED) is 0.705. The number of nitrogens with one attached hydrogen (secondary N) is 1. The maximum Gasteiger partial charge on any atom is 0.241 e. The molecule has 2 atom stereocenters. The van der Waals surface area contributed by atoms with E-state index in [-0.39, 0.29) is 23.7 Å². The molecule has 8 heteroatoms. The number of carbonyl (C=O) groups is 1. The molecule has 0 saturated heterocycles. The Morgan fingerprint density at radius 1 is 1.27 bits per heavy atom. The number of ketones is 1. The molecule has 6 nitrogen and oxygen atoms in total. The molecular weight excluding hydrogens is 366 g/mol. The first-order valence-electron chi connectivity index (χ1n) is 8.45. The Balaban J connectivity index is 1.63. The number of Topliss-reactive ketones (excluding diaryl/α,β-unsaturated/α-hetero) is 1. The van der Waals surface area contributed by atoms with E-state index in [2.05, 4.69) is 45.9 Å². The van der Waals surface area contributed by atoms with E-state index in [1.165, 1.54) is 9.75 Å². The topological polar surface area (TPSA) is 85.8 Å². The van der Waals surface area contributed by atoms with Crippen LogP contribution in [0.2, 0.25) is 0 Å². The molecule has 3 N–H and O–H groups in total. The molecule has 1 aliphatic carbocycles. The molecule has 0 fully saturated rings. The Morgan fingerprint density at radius 2 is 2.15 bits per heavy atom. The minimum atomic E-state index is -0.249. The van der Waals surface area contributed by atoms with E-state index in [1.807, 2.05) is 6.07 Å². The van der Waals surface area contributed by atoms with Gasteiger partial charge < -0.3 is 11.1 Å². The number of nitrogen functional groups attached to an aromatic ring is 1. The van der Waals surface area contributed by atoms with Crippen molar-refractivity contribution in [2.45, 2.75) is 31.7 Å². The fourth-order valence-corrected chi connectivity index (χ4v) is 5.62. The van der Waals surface area contributed by atoms with Gasteiger partial charge in [0.15, 0.2) is 5.78 Å². The molecule has 0 saturated carbocycles. The summed E-state index contributed by atoms with van der Waals surface area (Å²) in [5.74, 6) is 1.21. The number of allylic oxidation sites excluding steroid dienone is 2. The van der Waals surface area contributed by atoms with Crippen molar-refractivity contribution in [1.29, 1.82) is 0 Å². The molecule has 5 rings (SSSR count). The maximum atomic E-state index is 13.2. The smallest absolute Gasteiger partial charge is 0.241 e. The largest absolute Gasteiger partial charge is 0.366 e. The molecule has 4 heterocycles. The third-order valence-corrected chi connectivity index (χ3v) is 7.00. The van der Waals surface area contributed by atoms with Gasteiger partial charge in [0, 0.05) is 38.2 Å². The Bertz CT molecular complexity index is 1030. The Labute approximate surface area is 158 Å². The molecule has 132 valence electrons. The number of hydrogen-bond acceptors (Lipinski definition) is 7. The van der Waals surface area contributed by atoms with Crippen LogP contribution in [0.15, 0.2) is 40.9 Å². The van der Waals surface area contributed by atoms with Crippen LogP contribution in [-0.4, -0.2) is 20.5 Å². The Kier molecular flexibility index (Phi) is 3.51. The number of aromatic nitrogens is 3. The van der Waals surface area contributed by atoms with Crippen molar-refractivity contribution in [1.82, 2.24) is 14.8 Å². The number of nitrogens with two attached hydrogens (primary N) is 1. The summed E-state index contributed by atoms with van der Waals surface area (Å²) in [5, 5.41) is 9.74.